The van der Waals surface area contributed by atoms with Crippen LogP contribution in [0.3, 0.4) is 0 Å². The van der Waals surface area contributed by atoms with Gasteiger partial charge in [-0.3, -0.25) is 4.79 Å². The van der Waals surface area contributed by atoms with Crippen molar-refractivity contribution in [3.8, 4) is 11.1 Å². The molecule has 0 bridgehead atoms. The summed E-state index contributed by atoms with van der Waals surface area (Å²) >= 11 is 0. The van der Waals surface area contributed by atoms with Gasteiger partial charge in [0.25, 0.3) is 5.91 Å². The Morgan fingerprint density at radius 2 is 1.66 bits per heavy atom. The Hall–Kier alpha value is -3.57. The number of aromatic nitrogens is 2. The molecule has 2 saturated heterocycles. The van der Waals surface area contributed by atoms with Crippen molar-refractivity contribution in [2.45, 2.75) is 10.1 Å². The van der Waals surface area contributed by atoms with Crippen LogP contribution in [0.4, 0.5) is 16.0 Å². The van der Waals surface area contributed by atoms with Gasteiger partial charge in [0, 0.05) is 55.4 Å². The van der Waals surface area contributed by atoms with Crippen molar-refractivity contribution < 1.29 is 22.3 Å². The monoisotopic (exact) mass is 497 g/mol. The third-order valence-electron chi connectivity index (χ3n) is 6.27. The molecule has 0 spiro atoms. The molecule has 1 amide bonds. The average molecular weight is 498 g/mol. The molecule has 0 unspecified atom stereocenters. The minimum Gasteiger partial charge on any atom is -0.378 e. The molecule has 2 fully saturated rings. The van der Waals surface area contributed by atoms with Crippen LogP contribution in [0.2, 0.25) is 0 Å². The molecule has 3 aromatic rings. The first-order valence-corrected chi connectivity index (χ1v) is 12.7. The smallest absolute Gasteiger partial charge is 0.253 e. The Morgan fingerprint density at radius 1 is 1.00 bits per heavy atom. The summed E-state index contributed by atoms with van der Waals surface area (Å²) in [7, 11) is -3.73. The molecule has 2 aliphatic heterocycles. The number of benzene rings is 2. The van der Waals surface area contributed by atoms with Crippen LogP contribution < -0.4 is 10.6 Å². The van der Waals surface area contributed by atoms with Crippen LogP contribution in [0.1, 0.15) is 10.4 Å². The van der Waals surface area contributed by atoms with E-state index in [1.54, 1.807) is 24.5 Å². The van der Waals surface area contributed by atoms with Gasteiger partial charge in [0.2, 0.25) is 5.95 Å². The maximum Gasteiger partial charge on any atom is 0.253 e. The number of hydrogen-bond donors (Lipinski definition) is 1. The Labute approximate surface area is 202 Å². The largest absolute Gasteiger partial charge is 0.378 e. The van der Waals surface area contributed by atoms with E-state index in [1.165, 1.54) is 29.2 Å². The Bertz CT molecular complexity index is 1340. The zero-order valence-electron chi connectivity index (χ0n) is 18.8. The van der Waals surface area contributed by atoms with E-state index < -0.39 is 20.9 Å². The zero-order valence-corrected chi connectivity index (χ0v) is 19.6. The fourth-order valence-corrected chi connectivity index (χ4v) is 5.89. The maximum absolute atomic E-state index is 13.6. The number of amides is 1. The van der Waals surface area contributed by atoms with Gasteiger partial charge >= 0.3 is 0 Å². The Kier molecular flexibility index (Phi) is 6.12. The molecule has 3 heterocycles. The number of ether oxygens (including phenoxy) is 1. The molecule has 5 rings (SSSR count). The van der Waals surface area contributed by atoms with Crippen LogP contribution >= 0.6 is 0 Å². The normalized spacial score (nSPS) is 16.7. The summed E-state index contributed by atoms with van der Waals surface area (Å²) in [6.07, 6.45) is 3.12. The molecule has 11 heteroatoms. The van der Waals surface area contributed by atoms with Gasteiger partial charge in [-0.2, -0.15) is 0 Å². The number of halogens is 1. The van der Waals surface area contributed by atoms with E-state index in [0.29, 0.717) is 43.0 Å². The van der Waals surface area contributed by atoms with E-state index in [0.717, 1.165) is 5.69 Å². The maximum atomic E-state index is 13.6. The summed E-state index contributed by atoms with van der Waals surface area (Å²) < 4.78 is 45.7. The molecule has 0 saturated carbocycles. The van der Waals surface area contributed by atoms with E-state index in [9.17, 15) is 17.6 Å². The van der Waals surface area contributed by atoms with E-state index in [4.69, 9.17) is 10.5 Å². The van der Waals surface area contributed by atoms with Crippen molar-refractivity contribution >= 4 is 27.4 Å². The van der Waals surface area contributed by atoms with Gasteiger partial charge in [0.15, 0.2) is 9.84 Å². The molecule has 0 radical (unpaired) electrons. The molecule has 2 N–H and O–H groups in total. The number of carbonyl (C=O) groups is 1. The second kappa shape index (κ2) is 9.23. The Morgan fingerprint density at radius 3 is 2.31 bits per heavy atom. The van der Waals surface area contributed by atoms with E-state index in [2.05, 4.69) is 14.9 Å². The summed E-state index contributed by atoms with van der Waals surface area (Å²) in [4.78, 5) is 24.4. The van der Waals surface area contributed by atoms with Crippen LogP contribution in [0.5, 0.6) is 0 Å². The van der Waals surface area contributed by atoms with Crippen LogP contribution in [0.15, 0.2) is 59.8 Å². The van der Waals surface area contributed by atoms with Gasteiger partial charge in [0.1, 0.15) is 11.1 Å². The molecule has 9 nitrogen and oxygen atoms in total. The van der Waals surface area contributed by atoms with Crippen molar-refractivity contribution in [1.29, 1.82) is 0 Å². The first kappa shape index (κ1) is 23.2. The number of morpholine rings is 1. The van der Waals surface area contributed by atoms with Crippen molar-refractivity contribution in [3.05, 3.63) is 66.2 Å². The predicted octanol–water partition coefficient (Wildman–Crippen LogP) is 2.00. The quantitative estimate of drug-likeness (QED) is 0.569. The lowest BCUT2D eigenvalue weighted by Crippen LogP contribution is -2.56. The molecule has 182 valence electrons. The molecule has 0 aliphatic carbocycles. The second-order valence-electron chi connectivity index (χ2n) is 8.53. The van der Waals surface area contributed by atoms with Crippen molar-refractivity contribution in [1.82, 2.24) is 14.9 Å². The Balaban J connectivity index is 1.42. The average Bonchev–Trinajstić information content (AvgIpc) is 2.84. The van der Waals surface area contributed by atoms with Crippen LogP contribution in [0.25, 0.3) is 11.1 Å². The zero-order chi connectivity index (χ0) is 24.6. The van der Waals surface area contributed by atoms with Gasteiger partial charge in [-0.25, -0.2) is 22.8 Å². The van der Waals surface area contributed by atoms with Crippen molar-refractivity contribution in [3.63, 3.8) is 0 Å². The second-order valence-corrected chi connectivity index (χ2v) is 10.8. The van der Waals surface area contributed by atoms with Crippen LogP contribution in [0, 0.1) is 5.82 Å². The third kappa shape index (κ3) is 4.69. The van der Waals surface area contributed by atoms with E-state index in [-0.39, 0.29) is 29.8 Å². The number of nitrogens with zero attached hydrogens (tertiary/aromatic N) is 4. The highest BCUT2D eigenvalue weighted by molar-refractivity contribution is 7.92. The van der Waals surface area contributed by atoms with Gasteiger partial charge < -0.3 is 20.3 Å². The van der Waals surface area contributed by atoms with Crippen molar-refractivity contribution in [2.75, 3.05) is 50.0 Å². The molecule has 0 atom stereocenters. The lowest BCUT2D eigenvalue weighted by Gasteiger charge is -2.39. The van der Waals surface area contributed by atoms with Crippen LogP contribution in [-0.4, -0.2) is 73.8 Å². The minimum absolute atomic E-state index is 0.0701. The van der Waals surface area contributed by atoms with Crippen molar-refractivity contribution in [2.24, 2.45) is 0 Å². The number of anilines is 2. The summed E-state index contributed by atoms with van der Waals surface area (Å²) in [5, 5.41) is -0.734. The molecule has 2 aliphatic rings. The molecule has 2 aromatic carbocycles. The predicted molar refractivity (Wildman–Crippen MR) is 128 cm³/mol. The fourth-order valence-electron chi connectivity index (χ4n) is 4.17. The molecule has 35 heavy (non-hydrogen) atoms. The fraction of sp³-hybridized carbons (Fsp3) is 0.292. The first-order chi connectivity index (χ1) is 16.8. The van der Waals surface area contributed by atoms with E-state index >= 15 is 0 Å². The number of carbonyl (C=O) groups excluding carboxylic acids is 1. The number of sulfone groups is 1. The summed E-state index contributed by atoms with van der Waals surface area (Å²) in [5.41, 5.74) is 8.00. The summed E-state index contributed by atoms with van der Waals surface area (Å²) in [6.45, 7) is 2.54. The first-order valence-electron chi connectivity index (χ1n) is 11.2. The van der Waals surface area contributed by atoms with Crippen LogP contribution in [-0.2, 0) is 14.6 Å². The molecular weight excluding hydrogens is 473 g/mol. The number of rotatable bonds is 5. The number of likely N-dealkylation sites (tertiary alicyclic amines) is 1. The molecule has 1 aromatic heterocycles. The topological polar surface area (TPSA) is 119 Å². The highest BCUT2D eigenvalue weighted by Crippen LogP contribution is 2.33. The van der Waals surface area contributed by atoms with Gasteiger partial charge in [-0.05, 0) is 48.0 Å². The number of hydrogen-bond acceptors (Lipinski definition) is 8. The lowest BCUT2D eigenvalue weighted by molar-refractivity contribution is 0.0659. The lowest BCUT2D eigenvalue weighted by atomic mass is 10.1. The highest BCUT2D eigenvalue weighted by Gasteiger charge is 2.41. The van der Waals surface area contributed by atoms with Gasteiger partial charge in [0.05, 0.1) is 18.1 Å². The summed E-state index contributed by atoms with van der Waals surface area (Å²) in [6, 6.07) is 10.4. The van der Waals surface area contributed by atoms with Gasteiger partial charge in [-0.15, -0.1) is 0 Å². The SMILES string of the molecule is Nc1ncc(-c2cc(N3CCOCC3)cc(S(=O)(=O)C3CN(C(=O)c4ccc(F)cc4)C3)c2)cn1. The molecular formula is C24H24FN5O4S. The van der Waals surface area contributed by atoms with E-state index in [1.807, 2.05) is 6.07 Å². The standard InChI is InChI=1S/C24H24FN5O4S/c25-19-3-1-16(2-4-19)23(31)30-14-22(15-30)35(32,33)21-10-17(18-12-27-24(26)28-13-18)9-20(11-21)29-5-7-34-8-6-29/h1-4,9-13,22H,5-8,14-15H2,(H2,26,27,28). The summed E-state index contributed by atoms with van der Waals surface area (Å²) in [5.74, 6) is -0.627. The third-order valence-corrected chi connectivity index (χ3v) is 8.34. The highest BCUT2D eigenvalue weighted by atomic mass is 32.2. The number of nitrogen functional groups attached to an aromatic ring is 1. The van der Waals surface area contributed by atoms with Gasteiger partial charge in [-0.1, -0.05) is 0 Å². The minimum atomic E-state index is -3.73. The number of nitrogens with two attached hydrogens (primary N) is 1.